The van der Waals surface area contributed by atoms with E-state index >= 15 is 0 Å². The number of carbonyl (C=O) groups excluding carboxylic acids is 2. The van der Waals surface area contributed by atoms with E-state index in [4.69, 9.17) is 5.73 Å². The number of hydrogen-bond donors (Lipinski definition) is 3. The quantitative estimate of drug-likeness (QED) is 0.563. The Hall–Kier alpha value is -3.12. The lowest BCUT2D eigenvalue weighted by Gasteiger charge is -2.30. The predicted molar refractivity (Wildman–Crippen MR) is 119 cm³/mol. The number of piperidine rings is 1. The topological polar surface area (TPSA) is 91.2 Å². The van der Waals surface area contributed by atoms with Crippen LogP contribution >= 0.6 is 0 Å². The fraction of sp³-hybridized carbons (Fsp3) is 0.333. The zero-order chi connectivity index (χ0) is 20.9. The zero-order valence-electron chi connectivity index (χ0n) is 17.1. The van der Waals surface area contributed by atoms with Crippen LogP contribution in [0.1, 0.15) is 30.4 Å². The third-order valence-electron chi connectivity index (χ3n) is 5.93. The van der Waals surface area contributed by atoms with Gasteiger partial charge in [-0.1, -0.05) is 30.3 Å². The molecule has 4 rings (SSSR count). The van der Waals surface area contributed by atoms with Crippen LogP contribution in [0, 0.1) is 5.92 Å². The van der Waals surface area contributed by atoms with Gasteiger partial charge in [-0.2, -0.15) is 0 Å². The number of amides is 2. The summed E-state index contributed by atoms with van der Waals surface area (Å²) < 4.78 is 0. The highest BCUT2D eigenvalue weighted by Gasteiger charge is 2.22. The molecule has 1 fully saturated rings. The lowest BCUT2D eigenvalue weighted by molar-refractivity contribution is -0.123. The van der Waals surface area contributed by atoms with Crippen molar-refractivity contribution < 1.29 is 9.59 Å². The average molecular weight is 405 g/mol. The molecule has 1 aliphatic heterocycles. The van der Waals surface area contributed by atoms with Crippen LogP contribution < -0.4 is 11.1 Å². The number of fused-ring (bicyclic) bond motifs is 1. The summed E-state index contributed by atoms with van der Waals surface area (Å²) in [4.78, 5) is 29.2. The molecule has 1 aliphatic rings. The molecule has 3 aromatic rings. The first-order chi connectivity index (χ1) is 14.6. The van der Waals surface area contributed by atoms with Crippen molar-refractivity contribution in [3.8, 4) is 0 Å². The van der Waals surface area contributed by atoms with E-state index in [9.17, 15) is 9.59 Å². The van der Waals surface area contributed by atoms with Crippen molar-refractivity contribution in [3.63, 3.8) is 0 Å². The number of hydrogen-bond acceptors (Lipinski definition) is 3. The summed E-state index contributed by atoms with van der Waals surface area (Å²) in [5.74, 6) is -0.149. The lowest BCUT2D eigenvalue weighted by Crippen LogP contribution is -2.38. The van der Waals surface area contributed by atoms with Gasteiger partial charge in [-0.25, -0.2) is 0 Å². The smallest absolute Gasteiger partial charge is 0.224 e. The molecular formula is C24H28N4O2. The Bertz CT molecular complexity index is 1020. The summed E-state index contributed by atoms with van der Waals surface area (Å²) in [6.45, 7) is 2.63. The number of aromatic amines is 1. The summed E-state index contributed by atoms with van der Waals surface area (Å²) in [5.41, 5.74) is 9.68. The van der Waals surface area contributed by atoms with Crippen LogP contribution in [0.25, 0.3) is 10.9 Å². The zero-order valence-corrected chi connectivity index (χ0v) is 17.1. The van der Waals surface area contributed by atoms with Gasteiger partial charge in [-0.3, -0.25) is 14.5 Å². The van der Waals surface area contributed by atoms with Crippen LogP contribution in [0.5, 0.6) is 0 Å². The van der Waals surface area contributed by atoms with Gasteiger partial charge in [0.2, 0.25) is 11.8 Å². The molecule has 0 spiro atoms. The van der Waals surface area contributed by atoms with Crippen molar-refractivity contribution in [3.05, 3.63) is 65.9 Å². The molecule has 0 aliphatic carbocycles. The predicted octanol–water partition coefficient (Wildman–Crippen LogP) is 3.44. The minimum Gasteiger partial charge on any atom is -0.369 e. The first-order valence-electron chi connectivity index (χ1n) is 10.5. The van der Waals surface area contributed by atoms with Gasteiger partial charge in [0.25, 0.3) is 0 Å². The maximum Gasteiger partial charge on any atom is 0.224 e. The molecule has 1 aromatic heterocycles. The maximum atomic E-state index is 12.4. The molecule has 2 heterocycles. The number of para-hydroxylation sites is 1. The number of carbonyl (C=O) groups is 2. The molecule has 4 N–H and O–H groups in total. The third-order valence-corrected chi connectivity index (χ3v) is 5.93. The standard InChI is InChI=1S/C24H28N4O2/c25-24(30)18-11-13-28(14-12-18)16-17-5-8-20(9-6-17)27-23(29)10-7-19-15-26-22-4-2-1-3-21(19)22/h1-6,8-9,15,18,26H,7,10-14,16H2,(H2,25,30)(H,27,29). The number of rotatable bonds is 7. The summed E-state index contributed by atoms with van der Waals surface area (Å²) in [5, 5.41) is 4.16. The molecule has 0 radical (unpaired) electrons. The van der Waals surface area contributed by atoms with E-state index in [0.717, 1.165) is 49.2 Å². The van der Waals surface area contributed by atoms with Gasteiger partial charge in [-0.15, -0.1) is 0 Å². The Morgan fingerprint density at radius 1 is 1.07 bits per heavy atom. The van der Waals surface area contributed by atoms with Crippen molar-refractivity contribution in [2.45, 2.75) is 32.2 Å². The van der Waals surface area contributed by atoms with Gasteiger partial charge < -0.3 is 16.0 Å². The van der Waals surface area contributed by atoms with Crippen molar-refractivity contribution >= 4 is 28.4 Å². The molecule has 1 saturated heterocycles. The molecule has 0 saturated carbocycles. The fourth-order valence-electron chi connectivity index (χ4n) is 4.14. The van der Waals surface area contributed by atoms with Crippen LogP contribution in [-0.4, -0.2) is 34.8 Å². The minimum absolute atomic E-state index is 0.0153. The van der Waals surface area contributed by atoms with E-state index in [1.165, 1.54) is 10.9 Å². The highest BCUT2D eigenvalue weighted by Crippen LogP contribution is 2.21. The van der Waals surface area contributed by atoms with E-state index in [1.807, 2.05) is 36.5 Å². The number of H-pyrrole nitrogens is 1. The summed E-state index contributed by atoms with van der Waals surface area (Å²) in [7, 11) is 0. The monoisotopic (exact) mass is 404 g/mol. The van der Waals surface area contributed by atoms with Crippen molar-refractivity contribution in [1.82, 2.24) is 9.88 Å². The lowest BCUT2D eigenvalue weighted by atomic mass is 9.96. The number of aromatic nitrogens is 1. The van der Waals surface area contributed by atoms with Crippen LogP contribution in [-0.2, 0) is 22.6 Å². The number of aryl methyl sites for hydroxylation is 1. The van der Waals surface area contributed by atoms with E-state index in [0.29, 0.717) is 12.8 Å². The summed E-state index contributed by atoms with van der Waals surface area (Å²) in [6.07, 6.45) is 4.80. The van der Waals surface area contributed by atoms with E-state index in [2.05, 4.69) is 33.4 Å². The maximum absolute atomic E-state index is 12.4. The SMILES string of the molecule is NC(=O)C1CCN(Cc2ccc(NC(=O)CCc3c[nH]c4ccccc34)cc2)CC1. The van der Waals surface area contributed by atoms with Gasteiger partial charge >= 0.3 is 0 Å². The number of primary amides is 1. The van der Waals surface area contributed by atoms with Crippen LogP contribution in [0.15, 0.2) is 54.7 Å². The second-order valence-corrected chi connectivity index (χ2v) is 8.06. The Kier molecular flexibility index (Phi) is 6.14. The van der Waals surface area contributed by atoms with Crippen molar-refractivity contribution in [2.24, 2.45) is 11.7 Å². The molecule has 156 valence electrons. The number of benzene rings is 2. The van der Waals surface area contributed by atoms with E-state index < -0.39 is 0 Å². The second kappa shape index (κ2) is 9.13. The largest absolute Gasteiger partial charge is 0.369 e. The van der Waals surface area contributed by atoms with Gasteiger partial charge in [0.05, 0.1) is 0 Å². The van der Waals surface area contributed by atoms with Gasteiger partial charge in [0.15, 0.2) is 0 Å². The first kappa shape index (κ1) is 20.2. The van der Waals surface area contributed by atoms with Crippen molar-refractivity contribution in [1.29, 1.82) is 0 Å². The van der Waals surface area contributed by atoms with Crippen LogP contribution in [0.2, 0.25) is 0 Å². The van der Waals surface area contributed by atoms with Crippen molar-refractivity contribution in [2.75, 3.05) is 18.4 Å². The normalized spacial score (nSPS) is 15.3. The Labute approximate surface area is 176 Å². The average Bonchev–Trinajstić information content (AvgIpc) is 3.17. The summed E-state index contributed by atoms with van der Waals surface area (Å²) >= 11 is 0. The highest BCUT2D eigenvalue weighted by molar-refractivity contribution is 5.91. The van der Waals surface area contributed by atoms with Gasteiger partial charge in [0.1, 0.15) is 0 Å². The van der Waals surface area contributed by atoms with Crippen LogP contribution in [0.3, 0.4) is 0 Å². The Morgan fingerprint density at radius 2 is 1.80 bits per heavy atom. The van der Waals surface area contributed by atoms with Gasteiger partial charge in [0, 0.05) is 41.7 Å². The number of nitrogens with one attached hydrogen (secondary N) is 2. The number of anilines is 1. The molecule has 0 bridgehead atoms. The summed E-state index contributed by atoms with van der Waals surface area (Å²) in [6, 6.07) is 16.1. The minimum atomic E-state index is -0.181. The van der Waals surface area contributed by atoms with Crippen LogP contribution in [0.4, 0.5) is 5.69 Å². The Balaban J connectivity index is 1.25. The van der Waals surface area contributed by atoms with Gasteiger partial charge in [-0.05, 0) is 61.7 Å². The molecule has 6 heteroatoms. The molecule has 2 amide bonds. The molecule has 30 heavy (non-hydrogen) atoms. The number of nitrogens with zero attached hydrogens (tertiary/aromatic N) is 1. The Morgan fingerprint density at radius 3 is 2.53 bits per heavy atom. The molecule has 0 atom stereocenters. The third kappa shape index (κ3) is 4.89. The number of likely N-dealkylation sites (tertiary alicyclic amines) is 1. The number of nitrogens with two attached hydrogens (primary N) is 1. The first-order valence-corrected chi connectivity index (χ1v) is 10.5. The molecular weight excluding hydrogens is 376 g/mol. The second-order valence-electron chi connectivity index (χ2n) is 8.06. The van der Waals surface area contributed by atoms with E-state index in [-0.39, 0.29) is 17.7 Å². The molecule has 2 aromatic carbocycles. The molecule has 6 nitrogen and oxygen atoms in total. The van der Waals surface area contributed by atoms with E-state index in [1.54, 1.807) is 0 Å². The fourth-order valence-corrected chi connectivity index (χ4v) is 4.14. The highest BCUT2D eigenvalue weighted by atomic mass is 16.2. The molecule has 0 unspecified atom stereocenters.